The molecular formula is C14H16ClN5O4. The van der Waals surface area contributed by atoms with Gasteiger partial charge in [-0.1, -0.05) is 16.8 Å². The van der Waals surface area contributed by atoms with E-state index in [0.29, 0.717) is 11.6 Å². The lowest BCUT2D eigenvalue weighted by molar-refractivity contribution is -0.151. The predicted octanol–water partition coefficient (Wildman–Crippen LogP) is 1.43. The second kappa shape index (κ2) is 7.73. The van der Waals surface area contributed by atoms with Crippen LogP contribution in [-0.2, 0) is 14.3 Å². The lowest BCUT2D eigenvalue weighted by Gasteiger charge is -2.18. The molecule has 2 aromatic rings. The molecule has 2 heterocycles. The van der Waals surface area contributed by atoms with Gasteiger partial charge in [0.1, 0.15) is 12.3 Å². The maximum absolute atomic E-state index is 11.9. The van der Waals surface area contributed by atoms with E-state index in [2.05, 4.69) is 20.7 Å². The van der Waals surface area contributed by atoms with E-state index in [9.17, 15) is 9.59 Å². The van der Waals surface area contributed by atoms with Crippen LogP contribution in [0.1, 0.15) is 12.7 Å². The highest BCUT2D eigenvalue weighted by Gasteiger charge is 2.20. The van der Waals surface area contributed by atoms with Gasteiger partial charge in [0.25, 0.3) is 5.91 Å². The number of amides is 1. The van der Waals surface area contributed by atoms with Gasteiger partial charge >= 0.3 is 5.97 Å². The van der Waals surface area contributed by atoms with Gasteiger partial charge in [-0.15, -0.1) is 10.2 Å². The number of halogens is 1. The van der Waals surface area contributed by atoms with Crippen molar-refractivity contribution >= 4 is 35.1 Å². The molecule has 128 valence electrons. The number of aryl methyl sites for hydroxylation is 1. The van der Waals surface area contributed by atoms with E-state index >= 15 is 0 Å². The Kier molecular flexibility index (Phi) is 5.69. The number of anilines is 2. The number of nitrogens with zero attached hydrogens (tertiary/aromatic N) is 4. The average Bonchev–Trinajstić information content (AvgIpc) is 2.92. The molecule has 0 saturated heterocycles. The molecule has 0 radical (unpaired) electrons. The number of aromatic nitrogens is 3. The molecule has 0 bridgehead atoms. The fraction of sp³-hybridized carbons (Fsp3) is 0.357. The Labute approximate surface area is 142 Å². The molecule has 9 nitrogen and oxygen atoms in total. The number of esters is 1. The zero-order valence-electron chi connectivity index (χ0n) is 13.3. The van der Waals surface area contributed by atoms with Crippen molar-refractivity contribution < 1.29 is 18.8 Å². The Balaban J connectivity index is 1.84. The molecule has 24 heavy (non-hydrogen) atoms. The van der Waals surface area contributed by atoms with E-state index in [-0.39, 0.29) is 17.5 Å². The third-order valence-corrected chi connectivity index (χ3v) is 3.13. The monoisotopic (exact) mass is 353 g/mol. The average molecular weight is 354 g/mol. The number of ether oxygens (including phenoxy) is 1. The van der Waals surface area contributed by atoms with Crippen LogP contribution in [0, 0.1) is 6.92 Å². The third-order valence-electron chi connectivity index (χ3n) is 2.93. The van der Waals surface area contributed by atoms with Gasteiger partial charge in [0, 0.05) is 13.1 Å². The van der Waals surface area contributed by atoms with E-state index < -0.39 is 18.0 Å². The van der Waals surface area contributed by atoms with E-state index in [1.165, 1.54) is 11.8 Å². The Morgan fingerprint density at radius 3 is 2.75 bits per heavy atom. The van der Waals surface area contributed by atoms with Crippen LogP contribution in [0.5, 0.6) is 0 Å². The summed E-state index contributed by atoms with van der Waals surface area (Å²) in [6, 6.07) is 4.73. The molecular weight excluding hydrogens is 338 g/mol. The van der Waals surface area contributed by atoms with Crippen molar-refractivity contribution in [3.63, 3.8) is 0 Å². The zero-order valence-corrected chi connectivity index (χ0v) is 14.1. The highest BCUT2D eigenvalue weighted by atomic mass is 35.5. The number of carbonyl (C=O) groups is 2. The minimum absolute atomic E-state index is 0.100. The van der Waals surface area contributed by atoms with E-state index in [1.54, 1.807) is 32.2 Å². The van der Waals surface area contributed by atoms with E-state index in [1.807, 2.05) is 0 Å². The minimum atomic E-state index is -0.987. The van der Waals surface area contributed by atoms with Crippen molar-refractivity contribution in [3.05, 3.63) is 29.1 Å². The Morgan fingerprint density at radius 1 is 1.42 bits per heavy atom. The first-order chi connectivity index (χ1) is 11.3. The molecule has 0 aromatic carbocycles. The molecule has 1 unspecified atom stereocenters. The van der Waals surface area contributed by atoms with Crippen LogP contribution in [-0.4, -0.2) is 46.9 Å². The molecule has 0 aliphatic heterocycles. The highest BCUT2D eigenvalue weighted by molar-refractivity contribution is 6.29. The molecule has 2 rings (SSSR count). The van der Waals surface area contributed by atoms with E-state index in [0.717, 1.165) is 0 Å². The van der Waals surface area contributed by atoms with Gasteiger partial charge in [-0.2, -0.15) is 0 Å². The van der Waals surface area contributed by atoms with Crippen molar-refractivity contribution in [2.45, 2.75) is 20.0 Å². The van der Waals surface area contributed by atoms with Gasteiger partial charge in [0.2, 0.25) is 0 Å². The normalized spacial score (nSPS) is 11.7. The summed E-state index contributed by atoms with van der Waals surface area (Å²) in [6.45, 7) is 3.06. The fourth-order valence-corrected chi connectivity index (χ4v) is 1.83. The Hall–Kier alpha value is -2.68. The summed E-state index contributed by atoms with van der Waals surface area (Å²) in [5.41, 5.74) is 0. The lowest BCUT2D eigenvalue weighted by atomic mass is 10.3. The standard InChI is InChI=1S/C14H16ClN5O4/c1-8-6-11(19-24-8)16-14(22)9(2)23-13(21)7-20(3)12-5-4-10(15)17-18-12/h4-6,9H,7H2,1-3H3,(H,16,19,22). The van der Waals surface area contributed by atoms with Crippen LogP contribution in [0.4, 0.5) is 11.6 Å². The molecule has 0 spiro atoms. The predicted molar refractivity (Wildman–Crippen MR) is 85.7 cm³/mol. The largest absolute Gasteiger partial charge is 0.451 e. The van der Waals surface area contributed by atoms with Crippen LogP contribution in [0.2, 0.25) is 5.15 Å². The number of rotatable bonds is 6. The van der Waals surface area contributed by atoms with Gasteiger partial charge < -0.3 is 19.5 Å². The van der Waals surface area contributed by atoms with Crippen molar-refractivity contribution in [2.75, 3.05) is 23.8 Å². The molecule has 0 aliphatic carbocycles. The highest BCUT2D eigenvalue weighted by Crippen LogP contribution is 2.11. The minimum Gasteiger partial charge on any atom is -0.451 e. The molecule has 10 heteroatoms. The SMILES string of the molecule is Cc1cc(NC(=O)C(C)OC(=O)CN(C)c2ccc(Cl)nn2)no1. The van der Waals surface area contributed by atoms with Crippen LogP contribution in [0.25, 0.3) is 0 Å². The topological polar surface area (TPSA) is 110 Å². The number of hydrogen-bond donors (Lipinski definition) is 1. The summed E-state index contributed by atoms with van der Waals surface area (Å²) in [5.74, 6) is 0.167. The number of nitrogens with one attached hydrogen (secondary N) is 1. The molecule has 0 saturated carbocycles. The molecule has 1 N–H and O–H groups in total. The summed E-state index contributed by atoms with van der Waals surface area (Å²) in [7, 11) is 1.64. The van der Waals surface area contributed by atoms with Crippen LogP contribution in [0.3, 0.4) is 0 Å². The van der Waals surface area contributed by atoms with Crippen molar-refractivity contribution in [1.29, 1.82) is 0 Å². The summed E-state index contributed by atoms with van der Waals surface area (Å²) in [4.78, 5) is 25.4. The van der Waals surface area contributed by atoms with Crippen LogP contribution in [0.15, 0.2) is 22.7 Å². The lowest BCUT2D eigenvalue weighted by Crippen LogP contribution is -2.35. The zero-order chi connectivity index (χ0) is 17.7. The Bertz CT molecular complexity index is 718. The summed E-state index contributed by atoms with van der Waals surface area (Å²) < 4.78 is 9.92. The first kappa shape index (κ1) is 17.7. The van der Waals surface area contributed by atoms with Crippen molar-refractivity contribution in [2.24, 2.45) is 0 Å². The first-order valence-corrected chi connectivity index (χ1v) is 7.37. The van der Waals surface area contributed by atoms with Crippen LogP contribution >= 0.6 is 11.6 Å². The van der Waals surface area contributed by atoms with Crippen molar-refractivity contribution in [1.82, 2.24) is 15.4 Å². The summed E-state index contributed by atoms with van der Waals surface area (Å²) >= 11 is 5.65. The smallest absolute Gasteiger partial charge is 0.326 e. The maximum Gasteiger partial charge on any atom is 0.326 e. The van der Waals surface area contributed by atoms with Gasteiger partial charge in [0.15, 0.2) is 22.9 Å². The first-order valence-electron chi connectivity index (χ1n) is 6.99. The summed E-state index contributed by atoms with van der Waals surface area (Å²) in [6.07, 6.45) is -0.987. The second-order valence-corrected chi connectivity index (χ2v) is 5.40. The summed E-state index contributed by atoms with van der Waals surface area (Å²) in [5, 5.41) is 13.9. The number of hydrogen-bond acceptors (Lipinski definition) is 8. The molecule has 1 atom stereocenters. The second-order valence-electron chi connectivity index (χ2n) is 5.01. The van der Waals surface area contributed by atoms with Gasteiger partial charge in [0.05, 0.1) is 0 Å². The van der Waals surface area contributed by atoms with Gasteiger partial charge in [-0.05, 0) is 26.0 Å². The molecule has 0 fully saturated rings. The Morgan fingerprint density at radius 2 is 2.17 bits per heavy atom. The van der Waals surface area contributed by atoms with Gasteiger partial charge in [-0.3, -0.25) is 9.59 Å². The number of carbonyl (C=O) groups excluding carboxylic acids is 2. The van der Waals surface area contributed by atoms with Crippen molar-refractivity contribution in [3.8, 4) is 0 Å². The molecule has 2 aromatic heterocycles. The third kappa shape index (κ3) is 4.92. The number of likely N-dealkylation sites (N-methyl/N-ethyl adjacent to an activating group) is 1. The molecule has 0 aliphatic rings. The molecule has 1 amide bonds. The van der Waals surface area contributed by atoms with Crippen LogP contribution < -0.4 is 10.2 Å². The van der Waals surface area contributed by atoms with Gasteiger partial charge in [-0.25, -0.2) is 0 Å². The fourth-order valence-electron chi connectivity index (χ4n) is 1.73. The van der Waals surface area contributed by atoms with E-state index in [4.69, 9.17) is 20.9 Å². The maximum atomic E-state index is 11.9. The quantitative estimate of drug-likeness (QED) is 0.776.